The molecular formula is C12H25NO2. The van der Waals surface area contributed by atoms with Crippen LogP contribution in [0.25, 0.3) is 0 Å². The van der Waals surface area contributed by atoms with E-state index in [0.29, 0.717) is 6.61 Å². The van der Waals surface area contributed by atoms with E-state index in [2.05, 4.69) is 6.92 Å². The van der Waals surface area contributed by atoms with Gasteiger partial charge in [-0.3, -0.25) is 0 Å². The van der Waals surface area contributed by atoms with Gasteiger partial charge >= 0.3 is 0 Å². The van der Waals surface area contributed by atoms with Crippen molar-refractivity contribution in [1.29, 1.82) is 0 Å². The molecule has 0 aromatic heterocycles. The molecule has 3 nitrogen and oxygen atoms in total. The highest BCUT2D eigenvalue weighted by Crippen LogP contribution is 2.33. The smallest absolute Gasteiger partial charge is 0.0851 e. The number of ether oxygens (including phenoxy) is 2. The Morgan fingerprint density at radius 3 is 2.47 bits per heavy atom. The Kier molecular flexibility index (Phi) is 5.58. The molecule has 2 N–H and O–H groups in total. The molecule has 1 atom stereocenters. The maximum Gasteiger partial charge on any atom is 0.0851 e. The van der Waals surface area contributed by atoms with Gasteiger partial charge in [0, 0.05) is 13.7 Å². The maximum absolute atomic E-state index is 6.18. The Morgan fingerprint density at radius 1 is 1.27 bits per heavy atom. The average Bonchev–Trinajstić information content (AvgIpc) is 2.30. The van der Waals surface area contributed by atoms with Crippen LogP contribution in [0.15, 0.2) is 0 Å². The van der Waals surface area contributed by atoms with Gasteiger partial charge in [-0.15, -0.1) is 0 Å². The maximum atomic E-state index is 6.18. The van der Waals surface area contributed by atoms with Gasteiger partial charge in [0.25, 0.3) is 0 Å². The molecule has 15 heavy (non-hydrogen) atoms. The van der Waals surface area contributed by atoms with Crippen LogP contribution in [-0.4, -0.2) is 32.0 Å². The first-order chi connectivity index (χ1) is 7.25. The molecule has 1 rings (SSSR count). The van der Waals surface area contributed by atoms with Crippen LogP contribution < -0.4 is 5.73 Å². The van der Waals surface area contributed by atoms with Crippen LogP contribution in [0.5, 0.6) is 0 Å². The largest absolute Gasteiger partial charge is 0.380 e. The lowest BCUT2D eigenvalue weighted by Gasteiger charge is -2.40. The number of hydrogen-bond donors (Lipinski definition) is 1. The quantitative estimate of drug-likeness (QED) is 0.690. The SMILES string of the molecule is CCCOCC(N)C1(OC)CCCCC1. The summed E-state index contributed by atoms with van der Waals surface area (Å²) in [7, 11) is 1.78. The normalized spacial score (nSPS) is 22.6. The van der Waals surface area contributed by atoms with Gasteiger partial charge < -0.3 is 15.2 Å². The molecule has 0 radical (unpaired) electrons. The lowest BCUT2D eigenvalue weighted by Crippen LogP contribution is -2.53. The van der Waals surface area contributed by atoms with E-state index in [9.17, 15) is 0 Å². The molecule has 1 aliphatic rings. The summed E-state index contributed by atoms with van der Waals surface area (Å²) >= 11 is 0. The Balaban J connectivity index is 2.40. The molecule has 1 saturated carbocycles. The van der Waals surface area contributed by atoms with E-state index >= 15 is 0 Å². The Labute approximate surface area is 93.3 Å². The van der Waals surface area contributed by atoms with E-state index in [1.54, 1.807) is 7.11 Å². The zero-order valence-corrected chi connectivity index (χ0v) is 10.1. The highest BCUT2D eigenvalue weighted by molar-refractivity contribution is 4.93. The summed E-state index contributed by atoms with van der Waals surface area (Å²) < 4.78 is 11.2. The number of nitrogens with two attached hydrogens (primary N) is 1. The molecule has 1 unspecified atom stereocenters. The summed E-state index contributed by atoms with van der Waals surface area (Å²) in [5.74, 6) is 0. The van der Waals surface area contributed by atoms with Gasteiger partial charge in [0.2, 0.25) is 0 Å². The van der Waals surface area contributed by atoms with Gasteiger partial charge in [-0.25, -0.2) is 0 Å². The van der Waals surface area contributed by atoms with Crippen LogP contribution in [0.3, 0.4) is 0 Å². The van der Waals surface area contributed by atoms with Crippen molar-refractivity contribution in [2.45, 2.75) is 57.1 Å². The third-order valence-corrected chi connectivity index (χ3v) is 3.43. The standard InChI is InChI=1S/C12H25NO2/c1-3-9-15-10-11(13)12(14-2)7-5-4-6-8-12/h11H,3-10,13H2,1-2H3. The number of methoxy groups -OCH3 is 1. The Morgan fingerprint density at radius 2 is 1.93 bits per heavy atom. The highest BCUT2D eigenvalue weighted by Gasteiger charge is 2.37. The zero-order chi connectivity index (χ0) is 11.1. The predicted molar refractivity (Wildman–Crippen MR) is 61.9 cm³/mol. The second-order valence-electron chi connectivity index (χ2n) is 4.51. The van der Waals surface area contributed by atoms with Crippen molar-refractivity contribution in [3.05, 3.63) is 0 Å². The molecule has 1 aliphatic carbocycles. The van der Waals surface area contributed by atoms with Gasteiger partial charge in [0.1, 0.15) is 0 Å². The molecule has 0 aromatic carbocycles. The predicted octanol–water partition coefficient (Wildman–Crippen LogP) is 2.09. The summed E-state index contributed by atoms with van der Waals surface area (Å²) in [6.45, 7) is 3.54. The van der Waals surface area contributed by atoms with E-state index < -0.39 is 0 Å². The third-order valence-electron chi connectivity index (χ3n) is 3.43. The van der Waals surface area contributed by atoms with Crippen LogP contribution in [0.4, 0.5) is 0 Å². The molecule has 1 fully saturated rings. The van der Waals surface area contributed by atoms with E-state index in [0.717, 1.165) is 25.9 Å². The average molecular weight is 215 g/mol. The molecule has 90 valence electrons. The van der Waals surface area contributed by atoms with E-state index in [4.69, 9.17) is 15.2 Å². The summed E-state index contributed by atoms with van der Waals surface area (Å²) in [5.41, 5.74) is 6.07. The minimum Gasteiger partial charge on any atom is -0.380 e. The van der Waals surface area contributed by atoms with Crippen molar-refractivity contribution in [3.63, 3.8) is 0 Å². The Bertz CT molecular complexity index is 167. The molecule has 0 heterocycles. The highest BCUT2D eigenvalue weighted by atomic mass is 16.5. The first-order valence-electron chi connectivity index (χ1n) is 6.13. The van der Waals surface area contributed by atoms with Crippen LogP contribution in [-0.2, 0) is 9.47 Å². The first kappa shape index (κ1) is 12.9. The van der Waals surface area contributed by atoms with E-state index in [1.807, 2.05) is 0 Å². The molecule has 0 aliphatic heterocycles. The lowest BCUT2D eigenvalue weighted by molar-refractivity contribution is -0.0764. The molecular weight excluding hydrogens is 190 g/mol. The fourth-order valence-electron chi connectivity index (χ4n) is 2.38. The van der Waals surface area contributed by atoms with Crippen LogP contribution in [0.1, 0.15) is 45.4 Å². The number of hydrogen-bond acceptors (Lipinski definition) is 3. The summed E-state index contributed by atoms with van der Waals surface area (Å²) in [6, 6.07) is 0.0225. The zero-order valence-electron chi connectivity index (χ0n) is 10.1. The van der Waals surface area contributed by atoms with Crippen LogP contribution >= 0.6 is 0 Å². The first-order valence-corrected chi connectivity index (χ1v) is 6.13. The minimum absolute atomic E-state index is 0.0225. The van der Waals surface area contributed by atoms with Crippen molar-refractivity contribution in [3.8, 4) is 0 Å². The molecule has 0 bridgehead atoms. The molecule has 3 heteroatoms. The van der Waals surface area contributed by atoms with Gasteiger partial charge in [-0.05, 0) is 19.3 Å². The Hall–Kier alpha value is -0.120. The summed E-state index contributed by atoms with van der Waals surface area (Å²) in [5, 5.41) is 0. The number of rotatable bonds is 6. The fraction of sp³-hybridized carbons (Fsp3) is 1.00. The second-order valence-corrected chi connectivity index (χ2v) is 4.51. The van der Waals surface area contributed by atoms with Crippen molar-refractivity contribution >= 4 is 0 Å². The molecule has 0 aromatic rings. The van der Waals surface area contributed by atoms with Crippen molar-refractivity contribution < 1.29 is 9.47 Å². The lowest BCUT2D eigenvalue weighted by atomic mass is 9.79. The topological polar surface area (TPSA) is 44.5 Å². The van der Waals surface area contributed by atoms with Gasteiger partial charge in [0.05, 0.1) is 18.2 Å². The van der Waals surface area contributed by atoms with E-state index in [-0.39, 0.29) is 11.6 Å². The van der Waals surface area contributed by atoms with Crippen LogP contribution in [0.2, 0.25) is 0 Å². The summed E-state index contributed by atoms with van der Waals surface area (Å²) in [6.07, 6.45) is 6.99. The third kappa shape index (κ3) is 3.44. The second kappa shape index (κ2) is 6.46. The van der Waals surface area contributed by atoms with Gasteiger partial charge in [-0.2, -0.15) is 0 Å². The van der Waals surface area contributed by atoms with E-state index in [1.165, 1.54) is 19.3 Å². The van der Waals surface area contributed by atoms with Gasteiger partial charge in [0.15, 0.2) is 0 Å². The van der Waals surface area contributed by atoms with Crippen molar-refractivity contribution in [2.75, 3.05) is 20.3 Å². The van der Waals surface area contributed by atoms with Gasteiger partial charge in [-0.1, -0.05) is 26.2 Å². The molecule has 0 saturated heterocycles. The van der Waals surface area contributed by atoms with Crippen molar-refractivity contribution in [2.24, 2.45) is 5.73 Å². The minimum atomic E-state index is -0.119. The molecule has 0 spiro atoms. The van der Waals surface area contributed by atoms with Crippen LogP contribution in [0, 0.1) is 0 Å². The van der Waals surface area contributed by atoms with Crippen molar-refractivity contribution in [1.82, 2.24) is 0 Å². The summed E-state index contributed by atoms with van der Waals surface area (Å²) in [4.78, 5) is 0. The fourth-order valence-corrected chi connectivity index (χ4v) is 2.38. The monoisotopic (exact) mass is 215 g/mol. The molecule has 0 amide bonds.